The molecule has 0 saturated carbocycles. The molecule has 52 heavy (non-hydrogen) atoms. The van der Waals surface area contributed by atoms with Crippen LogP contribution in [0.25, 0.3) is 44.5 Å². The average Bonchev–Trinajstić information content (AvgIpc) is 3.24. The Morgan fingerprint density at radius 2 is 0.481 bits per heavy atom. The molecule has 0 aliphatic heterocycles. The molecule has 2 heteroatoms. The van der Waals surface area contributed by atoms with Crippen molar-refractivity contribution in [3.63, 3.8) is 0 Å². The van der Waals surface area contributed by atoms with Crippen LogP contribution in [0.2, 0.25) is 0 Å². The monoisotopic (exact) mass is 668 g/mol. The minimum atomic E-state index is -1.48. The van der Waals surface area contributed by atoms with Crippen LogP contribution in [-0.2, 0) is 11.2 Å². The van der Waals surface area contributed by atoms with E-state index in [0.29, 0.717) is 22.3 Å². The Balaban J connectivity index is 1.10. The summed E-state index contributed by atoms with van der Waals surface area (Å²) in [7, 11) is 0. The van der Waals surface area contributed by atoms with Gasteiger partial charge < -0.3 is 10.2 Å². The number of hydrogen-bond acceptors (Lipinski definition) is 2. The highest BCUT2D eigenvalue weighted by atomic mass is 16.3. The average molecular weight is 669 g/mol. The molecule has 2 N–H and O–H groups in total. The molecule has 8 aromatic carbocycles. The zero-order valence-corrected chi connectivity index (χ0v) is 28.5. The number of hydrogen-bond donors (Lipinski definition) is 2. The van der Waals surface area contributed by atoms with Crippen LogP contribution in [-0.4, -0.2) is 10.2 Å². The van der Waals surface area contributed by atoms with Crippen LogP contribution in [0, 0.1) is 0 Å². The van der Waals surface area contributed by atoms with Gasteiger partial charge in [-0.1, -0.05) is 194 Å². The van der Waals surface area contributed by atoms with Gasteiger partial charge in [-0.25, -0.2) is 0 Å². The minimum absolute atomic E-state index is 0.662. The van der Waals surface area contributed by atoms with Gasteiger partial charge in [0, 0.05) is 0 Å². The third-order valence-electron chi connectivity index (χ3n) is 10.6. The van der Waals surface area contributed by atoms with Crippen LogP contribution < -0.4 is 0 Å². The highest BCUT2D eigenvalue weighted by Crippen LogP contribution is 2.53. The normalized spacial score (nSPS) is 17.6. The van der Waals surface area contributed by atoms with Crippen LogP contribution >= 0.6 is 0 Å². The first kappa shape index (κ1) is 31.6. The van der Waals surface area contributed by atoms with Gasteiger partial charge in [-0.2, -0.15) is 0 Å². The molecule has 0 unspecified atom stereocenters. The summed E-state index contributed by atoms with van der Waals surface area (Å²) in [6.45, 7) is 0. The molecule has 9 rings (SSSR count). The smallest absolute Gasteiger partial charge is 0.141 e. The molecule has 0 spiro atoms. The van der Waals surface area contributed by atoms with Crippen LogP contribution in [0.15, 0.2) is 206 Å². The topological polar surface area (TPSA) is 40.5 Å². The first-order valence-electron chi connectivity index (χ1n) is 17.7. The summed E-state index contributed by atoms with van der Waals surface area (Å²) < 4.78 is 0. The summed E-state index contributed by atoms with van der Waals surface area (Å²) in [5.74, 6) is 0. The zero-order valence-electron chi connectivity index (χ0n) is 28.5. The Morgan fingerprint density at radius 3 is 0.788 bits per heavy atom. The quantitative estimate of drug-likeness (QED) is 0.185. The minimum Gasteiger partial charge on any atom is -0.376 e. The fraction of sp³-hybridized carbons (Fsp3) is 0.0400. The molecule has 0 aromatic heterocycles. The van der Waals surface area contributed by atoms with Crippen molar-refractivity contribution in [1.29, 1.82) is 0 Å². The Labute approximate surface area is 304 Å². The van der Waals surface area contributed by atoms with Gasteiger partial charge in [-0.3, -0.25) is 0 Å². The second kappa shape index (κ2) is 12.8. The summed E-state index contributed by atoms with van der Waals surface area (Å²) in [6, 6.07) is 69.7. The van der Waals surface area contributed by atoms with Gasteiger partial charge in [-0.05, 0) is 90.0 Å². The molecule has 0 radical (unpaired) electrons. The van der Waals surface area contributed by atoms with E-state index in [9.17, 15) is 10.2 Å². The zero-order chi connectivity index (χ0) is 35.1. The maximum absolute atomic E-state index is 13.0. The lowest BCUT2D eigenvalue weighted by molar-refractivity contribution is 0.0748. The van der Waals surface area contributed by atoms with E-state index in [0.717, 1.165) is 44.5 Å². The van der Waals surface area contributed by atoms with E-state index in [2.05, 4.69) is 121 Å². The molecule has 248 valence electrons. The molecule has 0 heterocycles. The Bertz CT molecular complexity index is 2290. The van der Waals surface area contributed by atoms with Gasteiger partial charge in [-0.15, -0.1) is 0 Å². The Hall–Kier alpha value is -6.32. The van der Waals surface area contributed by atoms with Crippen molar-refractivity contribution < 1.29 is 10.2 Å². The van der Waals surface area contributed by atoms with Crippen molar-refractivity contribution in [2.75, 3.05) is 0 Å². The predicted molar refractivity (Wildman–Crippen MR) is 212 cm³/mol. The lowest BCUT2D eigenvalue weighted by atomic mass is 9.63. The number of aliphatic hydroxyl groups is 2. The van der Waals surface area contributed by atoms with Crippen molar-refractivity contribution in [2.24, 2.45) is 0 Å². The molecule has 0 atom stereocenters. The molecule has 0 fully saturated rings. The van der Waals surface area contributed by atoms with Gasteiger partial charge >= 0.3 is 0 Å². The molecular formula is C50H36O2. The third-order valence-corrected chi connectivity index (χ3v) is 10.6. The highest BCUT2D eigenvalue weighted by molar-refractivity contribution is 5.75. The Kier molecular flexibility index (Phi) is 7.78. The number of fused-ring (bicyclic) bond motifs is 2. The van der Waals surface area contributed by atoms with Gasteiger partial charge in [0.05, 0.1) is 0 Å². The van der Waals surface area contributed by atoms with Crippen molar-refractivity contribution in [2.45, 2.75) is 11.2 Å². The lowest BCUT2D eigenvalue weighted by Crippen LogP contribution is -2.44. The van der Waals surface area contributed by atoms with E-state index in [1.54, 1.807) is 0 Å². The molecule has 1 aliphatic rings. The van der Waals surface area contributed by atoms with E-state index >= 15 is 0 Å². The number of benzene rings is 8. The van der Waals surface area contributed by atoms with Crippen molar-refractivity contribution >= 4 is 0 Å². The maximum atomic E-state index is 13.0. The lowest BCUT2D eigenvalue weighted by Gasteiger charge is -2.45. The largest absolute Gasteiger partial charge is 0.376 e. The first-order valence-corrected chi connectivity index (χ1v) is 17.7. The van der Waals surface area contributed by atoms with E-state index in [1.807, 2.05) is 84.9 Å². The van der Waals surface area contributed by atoms with Crippen molar-refractivity contribution in [1.82, 2.24) is 0 Å². The molecule has 0 saturated heterocycles. The van der Waals surface area contributed by atoms with E-state index in [1.165, 1.54) is 11.1 Å². The second-order valence-electron chi connectivity index (χ2n) is 13.6. The third kappa shape index (κ3) is 5.20. The highest BCUT2D eigenvalue weighted by Gasteiger charge is 2.50. The van der Waals surface area contributed by atoms with E-state index < -0.39 is 11.2 Å². The van der Waals surface area contributed by atoms with Gasteiger partial charge in [0.15, 0.2) is 0 Å². The summed E-state index contributed by atoms with van der Waals surface area (Å²) in [6.07, 6.45) is 0. The summed E-state index contributed by atoms with van der Waals surface area (Å²) >= 11 is 0. The van der Waals surface area contributed by atoms with E-state index in [4.69, 9.17) is 0 Å². The molecule has 0 amide bonds. The van der Waals surface area contributed by atoms with Gasteiger partial charge in [0.25, 0.3) is 0 Å². The summed E-state index contributed by atoms with van der Waals surface area (Å²) in [4.78, 5) is 0. The van der Waals surface area contributed by atoms with Gasteiger partial charge in [0.1, 0.15) is 11.2 Å². The molecule has 8 aromatic rings. The summed E-state index contributed by atoms with van der Waals surface area (Å²) in [5, 5.41) is 26.0. The fourth-order valence-electron chi connectivity index (χ4n) is 7.97. The maximum Gasteiger partial charge on any atom is 0.141 e. The van der Waals surface area contributed by atoms with E-state index in [-0.39, 0.29) is 0 Å². The van der Waals surface area contributed by atoms with Crippen LogP contribution in [0.5, 0.6) is 0 Å². The molecule has 2 nitrogen and oxygen atoms in total. The van der Waals surface area contributed by atoms with Crippen molar-refractivity contribution in [3.8, 4) is 44.5 Å². The number of rotatable bonds is 6. The fourth-order valence-corrected chi connectivity index (χ4v) is 7.97. The Morgan fingerprint density at radius 1 is 0.231 bits per heavy atom. The standard InChI is InChI=1S/C50H36O2/c51-49(43-29-25-37(26-30-43)41-19-11-17-39(33-41)35-13-3-1-4-14-35)45-21-7-9-23-47(45)50(52,48-24-10-8-22-46(48)49)44-31-27-38(28-32-44)42-20-12-18-40(34-42)36-15-5-2-6-16-36/h1-34,51-52H. The molecule has 1 aliphatic carbocycles. The molecular weight excluding hydrogens is 633 g/mol. The molecule has 0 bridgehead atoms. The van der Waals surface area contributed by atoms with Gasteiger partial charge in [0.2, 0.25) is 0 Å². The first-order chi connectivity index (χ1) is 25.5. The van der Waals surface area contributed by atoms with Crippen LogP contribution in [0.1, 0.15) is 33.4 Å². The summed E-state index contributed by atoms with van der Waals surface area (Å²) in [5.41, 5.74) is 10.2. The second-order valence-corrected chi connectivity index (χ2v) is 13.6. The van der Waals surface area contributed by atoms with Crippen LogP contribution in [0.4, 0.5) is 0 Å². The van der Waals surface area contributed by atoms with Crippen LogP contribution in [0.3, 0.4) is 0 Å². The predicted octanol–water partition coefficient (Wildman–Crippen LogP) is 11.2. The SMILES string of the molecule is OC1(c2ccc(-c3cccc(-c4ccccc4)c3)cc2)c2ccccc2C(O)(c2ccc(-c3cccc(-c4ccccc4)c3)cc2)c2ccccc21. The van der Waals surface area contributed by atoms with Crippen molar-refractivity contribution in [3.05, 3.63) is 240 Å².